The normalized spacial score (nSPS) is 13.9. The second-order valence-electron chi connectivity index (χ2n) is 4.33. The molecular formula is C12H24N2O3. The largest absolute Gasteiger partial charge is 0.469 e. The van der Waals surface area contributed by atoms with E-state index in [-0.39, 0.29) is 23.8 Å². The first-order chi connectivity index (χ1) is 7.99. The van der Waals surface area contributed by atoms with Crippen molar-refractivity contribution in [2.45, 2.75) is 45.6 Å². The van der Waals surface area contributed by atoms with Crippen LogP contribution in [0.5, 0.6) is 0 Å². The number of ether oxygens (including phenoxy) is 1. The number of esters is 1. The van der Waals surface area contributed by atoms with Crippen molar-refractivity contribution in [3.05, 3.63) is 0 Å². The highest BCUT2D eigenvalue weighted by molar-refractivity contribution is 5.78. The van der Waals surface area contributed by atoms with E-state index in [9.17, 15) is 9.59 Å². The van der Waals surface area contributed by atoms with Gasteiger partial charge in [-0.3, -0.25) is 9.59 Å². The van der Waals surface area contributed by atoms with Gasteiger partial charge in [0.15, 0.2) is 0 Å². The average Bonchev–Trinajstić information content (AvgIpc) is 2.31. The van der Waals surface area contributed by atoms with Gasteiger partial charge in [-0.2, -0.15) is 0 Å². The molecule has 0 heterocycles. The zero-order valence-corrected chi connectivity index (χ0v) is 11.0. The molecule has 5 heteroatoms. The third kappa shape index (κ3) is 7.74. The van der Waals surface area contributed by atoms with Gasteiger partial charge in [-0.25, -0.2) is 0 Å². The molecule has 0 bridgehead atoms. The molecule has 0 saturated carbocycles. The lowest BCUT2D eigenvalue weighted by Gasteiger charge is -2.15. The van der Waals surface area contributed by atoms with Crippen LogP contribution >= 0.6 is 0 Å². The summed E-state index contributed by atoms with van der Waals surface area (Å²) in [6.45, 7) is 4.27. The molecule has 2 atom stereocenters. The molecule has 3 N–H and O–H groups in total. The van der Waals surface area contributed by atoms with Crippen molar-refractivity contribution in [1.29, 1.82) is 0 Å². The van der Waals surface area contributed by atoms with Crippen LogP contribution in [-0.2, 0) is 14.3 Å². The van der Waals surface area contributed by atoms with E-state index >= 15 is 0 Å². The summed E-state index contributed by atoms with van der Waals surface area (Å²) >= 11 is 0. The summed E-state index contributed by atoms with van der Waals surface area (Å²) in [7, 11) is 1.39. The van der Waals surface area contributed by atoms with E-state index in [1.807, 2.05) is 13.8 Å². The first-order valence-electron chi connectivity index (χ1n) is 6.09. The molecule has 0 aromatic carbocycles. The number of hydrogen-bond acceptors (Lipinski definition) is 4. The number of methoxy groups -OCH3 is 1. The number of unbranched alkanes of at least 4 members (excludes halogenated alkanes) is 2. The molecule has 5 nitrogen and oxygen atoms in total. The summed E-state index contributed by atoms with van der Waals surface area (Å²) in [6.07, 6.45) is 3.02. The van der Waals surface area contributed by atoms with Gasteiger partial charge in [0.25, 0.3) is 0 Å². The van der Waals surface area contributed by atoms with Gasteiger partial charge in [0.05, 0.1) is 7.11 Å². The minimum absolute atomic E-state index is 0.00651. The summed E-state index contributed by atoms with van der Waals surface area (Å²) in [5.41, 5.74) is 5.63. The van der Waals surface area contributed by atoms with Crippen LogP contribution in [0.4, 0.5) is 0 Å². The number of hydrogen-bond donors (Lipinski definition) is 2. The van der Waals surface area contributed by atoms with Crippen LogP contribution < -0.4 is 11.1 Å². The van der Waals surface area contributed by atoms with Crippen LogP contribution in [0.2, 0.25) is 0 Å². The Balaban J connectivity index is 3.46. The molecule has 0 saturated heterocycles. The molecule has 0 radical (unpaired) electrons. The third-order valence-corrected chi connectivity index (χ3v) is 2.79. The highest BCUT2D eigenvalue weighted by Crippen LogP contribution is 2.02. The molecule has 0 rings (SSSR count). The third-order valence-electron chi connectivity index (χ3n) is 2.79. The summed E-state index contributed by atoms with van der Waals surface area (Å²) in [6, 6.07) is -0.130. The molecule has 0 aromatic heterocycles. The number of carbonyl (C=O) groups excluding carboxylic acids is 2. The zero-order chi connectivity index (χ0) is 13.3. The summed E-state index contributed by atoms with van der Waals surface area (Å²) in [5, 5.41) is 2.83. The maximum absolute atomic E-state index is 11.5. The SMILES string of the molecule is COC(=O)CCCCCNC(=O)C(C)C(C)N. The number of nitrogens with one attached hydrogen (secondary N) is 1. The lowest BCUT2D eigenvalue weighted by atomic mass is 10.0. The summed E-state index contributed by atoms with van der Waals surface area (Å²) < 4.78 is 4.53. The number of carbonyl (C=O) groups is 2. The van der Waals surface area contributed by atoms with E-state index in [1.165, 1.54) is 7.11 Å². The molecule has 0 aromatic rings. The van der Waals surface area contributed by atoms with Crippen molar-refractivity contribution >= 4 is 11.9 Å². The van der Waals surface area contributed by atoms with Crippen LogP contribution in [0.25, 0.3) is 0 Å². The average molecular weight is 244 g/mol. The first-order valence-corrected chi connectivity index (χ1v) is 6.09. The molecule has 100 valence electrons. The molecular weight excluding hydrogens is 220 g/mol. The Kier molecular flexibility index (Phi) is 8.40. The Labute approximate surface area is 103 Å². The van der Waals surface area contributed by atoms with Gasteiger partial charge in [-0.1, -0.05) is 13.3 Å². The summed E-state index contributed by atoms with van der Waals surface area (Å²) in [5.74, 6) is -0.349. The molecule has 0 aliphatic rings. The van der Waals surface area contributed by atoms with Crippen molar-refractivity contribution in [3.8, 4) is 0 Å². The second-order valence-corrected chi connectivity index (χ2v) is 4.33. The minimum Gasteiger partial charge on any atom is -0.469 e. The maximum Gasteiger partial charge on any atom is 0.305 e. The van der Waals surface area contributed by atoms with Gasteiger partial charge >= 0.3 is 5.97 Å². The smallest absolute Gasteiger partial charge is 0.305 e. The number of nitrogens with two attached hydrogens (primary N) is 1. The first kappa shape index (κ1) is 15.9. The molecule has 2 unspecified atom stereocenters. The highest BCUT2D eigenvalue weighted by Gasteiger charge is 2.15. The Bertz CT molecular complexity index is 242. The van der Waals surface area contributed by atoms with Crippen LogP contribution in [0.15, 0.2) is 0 Å². The zero-order valence-electron chi connectivity index (χ0n) is 11.0. The molecule has 0 fully saturated rings. The standard InChI is InChI=1S/C12H24N2O3/c1-9(10(2)13)12(16)14-8-6-4-5-7-11(15)17-3/h9-10H,4-8,13H2,1-3H3,(H,14,16). The Morgan fingerprint density at radius 2 is 1.88 bits per heavy atom. The quantitative estimate of drug-likeness (QED) is 0.489. The number of rotatable bonds is 8. The second kappa shape index (κ2) is 8.98. The number of amides is 1. The molecule has 0 aliphatic heterocycles. The van der Waals surface area contributed by atoms with Crippen molar-refractivity contribution in [1.82, 2.24) is 5.32 Å². The van der Waals surface area contributed by atoms with Crippen LogP contribution in [-0.4, -0.2) is 31.6 Å². The van der Waals surface area contributed by atoms with E-state index < -0.39 is 0 Å². The van der Waals surface area contributed by atoms with Gasteiger partial charge in [0.1, 0.15) is 0 Å². The van der Waals surface area contributed by atoms with Gasteiger partial charge in [-0.05, 0) is 19.8 Å². The van der Waals surface area contributed by atoms with E-state index in [0.717, 1.165) is 19.3 Å². The van der Waals surface area contributed by atoms with E-state index in [1.54, 1.807) is 0 Å². The predicted molar refractivity (Wildman–Crippen MR) is 66.3 cm³/mol. The fourth-order valence-corrected chi connectivity index (χ4v) is 1.28. The van der Waals surface area contributed by atoms with Crippen molar-refractivity contribution < 1.29 is 14.3 Å². The lowest BCUT2D eigenvalue weighted by Crippen LogP contribution is -2.38. The summed E-state index contributed by atoms with van der Waals surface area (Å²) in [4.78, 5) is 22.3. The van der Waals surface area contributed by atoms with E-state index in [0.29, 0.717) is 13.0 Å². The lowest BCUT2D eigenvalue weighted by molar-refractivity contribution is -0.140. The van der Waals surface area contributed by atoms with E-state index in [2.05, 4.69) is 10.1 Å². The fraction of sp³-hybridized carbons (Fsp3) is 0.833. The predicted octanol–water partition coefficient (Wildman–Crippen LogP) is 0.819. The molecule has 17 heavy (non-hydrogen) atoms. The van der Waals surface area contributed by atoms with E-state index in [4.69, 9.17) is 5.73 Å². The molecule has 0 spiro atoms. The van der Waals surface area contributed by atoms with Crippen molar-refractivity contribution in [2.75, 3.05) is 13.7 Å². The van der Waals surface area contributed by atoms with Gasteiger partial charge in [0.2, 0.25) is 5.91 Å². The van der Waals surface area contributed by atoms with Gasteiger partial charge in [0, 0.05) is 24.9 Å². The minimum atomic E-state index is -0.181. The van der Waals surface area contributed by atoms with Gasteiger partial charge in [-0.15, -0.1) is 0 Å². The molecule has 1 amide bonds. The van der Waals surface area contributed by atoms with Crippen molar-refractivity contribution in [2.24, 2.45) is 11.7 Å². The van der Waals surface area contributed by atoms with Crippen molar-refractivity contribution in [3.63, 3.8) is 0 Å². The van der Waals surface area contributed by atoms with Gasteiger partial charge < -0.3 is 15.8 Å². The van der Waals surface area contributed by atoms with Crippen LogP contribution in [0.1, 0.15) is 39.5 Å². The monoisotopic (exact) mass is 244 g/mol. The van der Waals surface area contributed by atoms with Crippen LogP contribution in [0.3, 0.4) is 0 Å². The maximum atomic E-state index is 11.5. The highest BCUT2D eigenvalue weighted by atomic mass is 16.5. The Hall–Kier alpha value is -1.10. The molecule has 0 aliphatic carbocycles. The topological polar surface area (TPSA) is 81.4 Å². The fourth-order valence-electron chi connectivity index (χ4n) is 1.28. The van der Waals surface area contributed by atoms with Crippen LogP contribution in [0, 0.1) is 5.92 Å². The Morgan fingerprint density at radius 3 is 2.41 bits per heavy atom. The Morgan fingerprint density at radius 1 is 1.24 bits per heavy atom.